The third kappa shape index (κ3) is 3.35. The van der Waals surface area contributed by atoms with Crippen LogP contribution in [0.5, 0.6) is 0 Å². The Morgan fingerprint density at radius 3 is 1.72 bits per heavy atom. The lowest BCUT2D eigenvalue weighted by Crippen LogP contribution is -1.93. The molecule has 0 atom stereocenters. The molecular weight excluding hydrogens is 490 g/mol. The number of rotatable bonds is 2. The standard InChI is InChI=1S/C37H25NS/c1-22-18-32-26-12-5-3-10-24(26)25-11-4-6-13-27(25)33(32)20-31(22)34-21-38-35(19-23(34)2)30-16-9-15-29-28-14-7-8-17-36(28)39-37(29)30/h3-21H,1-2H3. The second-order valence-corrected chi connectivity index (χ2v) is 11.5. The van der Waals surface area contributed by atoms with Crippen molar-refractivity contribution in [2.24, 2.45) is 0 Å². The first-order valence-electron chi connectivity index (χ1n) is 13.4. The summed E-state index contributed by atoms with van der Waals surface area (Å²) >= 11 is 1.86. The highest BCUT2D eigenvalue weighted by atomic mass is 32.1. The average Bonchev–Trinajstić information content (AvgIpc) is 3.36. The van der Waals surface area contributed by atoms with E-state index in [1.54, 1.807) is 0 Å². The number of thiophene rings is 1. The number of pyridine rings is 1. The van der Waals surface area contributed by atoms with Gasteiger partial charge < -0.3 is 0 Å². The van der Waals surface area contributed by atoms with Crippen molar-refractivity contribution in [2.45, 2.75) is 13.8 Å². The summed E-state index contributed by atoms with van der Waals surface area (Å²) in [6.45, 7) is 4.44. The highest BCUT2D eigenvalue weighted by Crippen LogP contribution is 2.42. The molecule has 8 aromatic rings. The number of aromatic nitrogens is 1. The molecule has 0 aliphatic rings. The van der Waals surface area contributed by atoms with Crippen molar-refractivity contribution in [1.82, 2.24) is 4.98 Å². The molecule has 0 bridgehead atoms. The van der Waals surface area contributed by atoms with E-state index in [0.29, 0.717) is 0 Å². The van der Waals surface area contributed by atoms with Crippen LogP contribution in [0.25, 0.3) is 74.9 Å². The van der Waals surface area contributed by atoms with Gasteiger partial charge in [-0.25, -0.2) is 0 Å². The van der Waals surface area contributed by atoms with Gasteiger partial charge in [0.15, 0.2) is 0 Å². The lowest BCUT2D eigenvalue weighted by Gasteiger charge is -2.16. The van der Waals surface area contributed by atoms with Crippen molar-refractivity contribution in [2.75, 3.05) is 0 Å². The zero-order valence-electron chi connectivity index (χ0n) is 21.8. The Kier molecular flexibility index (Phi) is 4.89. The largest absolute Gasteiger partial charge is 0.256 e. The van der Waals surface area contributed by atoms with E-state index in [2.05, 4.69) is 129 Å². The Morgan fingerprint density at radius 2 is 1.03 bits per heavy atom. The average molecular weight is 516 g/mol. The SMILES string of the molecule is Cc1cc(-c2cccc3c2sc2ccccc23)ncc1-c1cc2c3ccccc3c3ccccc3c2cc1C. The molecule has 8 rings (SSSR count). The van der Waals surface area contributed by atoms with Gasteiger partial charge in [-0.05, 0) is 81.1 Å². The second-order valence-electron chi connectivity index (χ2n) is 10.5. The summed E-state index contributed by atoms with van der Waals surface area (Å²) in [7, 11) is 0. The summed E-state index contributed by atoms with van der Waals surface area (Å²) in [5, 5.41) is 10.4. The molecule has 2 heterocycles. The molecule has 0 unspecified atom stereocenters. The smallest absolute Gasteiger partial charge is 0.0719 e. The maximum atomic E-state index is 5.05. The molecular formula is C37H25NS. The molecule has 0 saturated heterocycles. The summed E-state index contributed by atoms with van der Waals surface area (Å²) < 4.78 is 2.62. The Morgan fingerprint density at radius 1 is 0.462 bits per heavy atom. The number of hydrogen-bond donors (Lipinski definition) is 0. The number of fused-ring (bicyclic) bond motifs is 9. The maximum Gasteiger partial charge on any atom is 0.0719 e. The molecule has 184 valence electrons. The van der Waals surface area contributed by atoms with Crippen molar-refractivity contribution >= 4 is 63.8 Å². The minimum atomic E-state index is 1.03. The molecule has 0 aliphatic carbocycles. The van der Waals surface area contributed by atoms with E-state index in [1.807, 2.05) is 11.3 Å². The van der Waals surface area contributed by atoms with Gasteiger partial charge in [-0.1, -0.05) is 91.0 Å². The molecule has 0 N–H and O–H groups in total. The van der Waals surface area contributed by atoms with Crippen LogP contribution in [0.4, 0.5) is 0 Å². The predicted molar refractivity (Wildman–Crippen MR) is 170 cm³/mol. The minimum Gasteiger partial charge on any atom is -0.256 e. The van der Waals surface area contributed by atoms with Gasteiger partial charge in [-0.2, -0.15) is 0 Å². The van der Waals surface area contributed by atoms with Gasteiger partial charge in [0, 0.05) is 37.5 Å². The van der Waals surface area contributed by atoms with Crippen LogP contribution in [0.3, 0.4) is 0 Å². The fourth-order valence-corrected chi connectivity index (χ4v) is 7.51. The summed E-state index contributed by atoms with van der Waals surface area (Å²) in [6.07, 6.45) is 2.08. The van der Waals surface area contributed by atoms with Crippen LogP contribution >= 0.6 is 11.3 Å². The van der Waals surface area contributed by atoms with E-state index >= 15 is 0 Å². The van der Waals surface area contributed by atoms with Crippen LogP contribution in [0.15, 0.2) is 115 Å². The van der Waals surface area contributed by atoms with Crippen molar-refractivity contribution in [3.05, 3.63) is 127 Å². The number of hydrogen-bond acceptors (Lipinski definition) is 2. The van der Waals surface area contributed by atoms with Crippen molar-refractivity contribution in [1.29, 1.82) is 0 Å². The second kappa shape index (κ2) is 8.49. The van der Waals surface area contributed by atoms with Gasteiger partial charge in [0.2, 0.25) is 0 Å². The van der Waals surface area contributed by atoms with Gasteiger partial charge in [0.25, 0.3) is 0 Å². The molecule has 0 fully saturated rings. The van der Waals surface area contributed by atoms with Crippen molar-refractivity contribution < 1.29 is 0 Å². The van der Waals surface area contributed by atoms with Gasteiger partial charge in [0.1, 0.15) is 0 Å². The Balaban J connectivity index is 1.33. The molecule has 0 aliphatic heterocycles. The highest BCUT2D eigenvalue weighted by Gasteiger charge is 2.15. The van der Waals surface area contributed by atoms with Gasteiger partial charge in [0.05, 0.1) is 5.69 Å². The van der Waals surface area contributed by atoms with Crippen LogP contribution in [0.2, 0.25) is 0 Å². The predicted octanol–water partition coefficient (Wildman–Crippen LogP) is 10.9. The molecule has 1 nitrogen and oxygen atoms in total. The Labute approximate surface area is 231 Å². The topological polar surface area (TPSA) is 12.9 Å². The summed E-state index contributed by atoms with van der Waals surface area (Å²) in [6, 6.07) is 39.8. The summed E-state index contributed by atoms with van der Waals surface area (Å²) in [5.74, 6) is 0. The van der Waals surface area contributed by atoms with E-state index in [4.69, 9.17) is 4.98 Å². The number of benzene rings is 6. The summed E-state index contributed by atoms with van der Waals surface area (Å²) in [4.78, 5) is 5.05. The van der Waals surface area contributed by atoms with E-state index in [1.165, 1.54) is 80.3 Å². The minimum absolute atomic E-state index is 1.03. The highest BCUT2D eigenvalue weighted by molar-refractivity contribution is 7.26. The normalized spacial score (nSPS) is 11.8. The van der Waals surface area contributed by atoms with Gasteiger partial charge in [-0.3, -0.25) is 4.98 Å². The van der Waals surface area contributed by atoms with Crippen LogP contribution in [0.1, 0.15) is 11.1 Å². The van der Waals surface area contributed by atoms with Crippen molar-refractivity contribution in [3.8, 4) is 22.4 Å². The fourth-order valence-electron chi connectivity index (χ4n) is 6.28. The number of aryl methyl sites for hydroxylation is 2. The van der Waals surface area contributed by atoms with Crippen LogP contribution in [-0.2, 0) is 0 Å². The monoisotopic (exact) mass is 515 g/mol. The zero-order valence-corrected chi connectivity index (χ0v) is 22.6. The Hall–Kier alpha value is -4.53. The van der Waals surface area contributed by atoms with Crippen LogP contribution in [0, 0.1) is 13.8 Å². The first-order valence-corrected chi connectivity index (χ1v) is 14.2. The fraction of sp³-hybridized carbons (Fsp3) is 0.0541. The molecule has 2 heteroatoms. The molecule has 2 aromatic heterocycles. The van der Waals surface area contributed by atoms with E-state index < -0.39 is 0 Å². The van der Waals surface area contributed by atoms with Gasteiger partial charge >= 0.3 is 0 Å². The molecule has 0 radical (unpaired) electrons. The van der Waals surface area contributed by atoms with Crippen LogP contribution < -0.4 is 0 Å². The third-order valence-electron chi connectivity index (χ3n) is 8.17. The summed E-state index contributed by atoms with van der Waals surface area (Å²) in [5.41, 5.74) is 7.19. The molecule has 39 heavy (non-hydrogen) atoms. The lowest BCUT2D eigenvalue weighted by atomic mass is 9.89. The van der Waals surface area contributed by atoms with E-state index in [0.717, 1.165) is 5.69 Å². The van der Waals surface area contributed by atoms with E-state index in [-0.39, 0.29) is 0 Å². The quantitative estimate of drug-likeness (QED) is 0.209. The third-order valence-corrected chi connectivity index (χ3v) is 9.39. The van der Waals surface area contributed by atoms with Crippen LogP contribution in [-0.4, -0.2) is 4.98 Å². The molecule has 0 spiro atoms. The molecule has 0 amide bonds. The zero-order chi connectivity index (χ0) is 26.1. The maximum absolute atomic E-state index is 5.05. The number of nitrogens with zero attached hydrogens (tertiary/aromatic N) is 1. The first-order chi connectivity index (χ1) is 19.2. The molecule has 0 saturated carbocycles. The van der Waals surface area contributed by atoms with E-state index in [9.17, 15) is 0 Å². The lowest BCUT2D eigenvalue weighted by molar-refractivity contribution is 1.29. The van der Waals surface area contributed by atoms with Crippen molar-refractivity contribution in [3.63, 3.8) is 0 Å². The Bertz CT molecular complexity index is 2250. The first kappa shape index (κ1) is 22.5. The molecule has 6 aromatic carbocycles. The van der Waals surface area contributed by atoms with Gasteiger partial charge in [-0.15, -0.1) is 11.3 Å².